The zero-order valence-corrected chi connectivity index (χ0v) is 13.7. The molecule has 3 nitrogen and oxygen atoms in total. The predicted octanol–water partition coefficient (Wildman–Crippen LogP) is 4.84. The van der Waals surface area contributed by atoms with Crippen LogP contribution < -0.4 is 5.32 Å². The number of nitrogens with one attached hydrogen (secondary N) is 1. The molecule has 21 heavy (non-hydrogen) atoms. The molecule has 2 rings (SSSR count). The topological polar surface area (TPSA) is 49.3 Å². The molecule has 0 aromatic heterocycles. The SMILES string of the molecule is CC(C)(C)C1CCC(C(=O)Nc2ccc(O)c(Cl)c2)CC1. The average molecular weight is 310 g/mol. The molecule has 4 heteroatoms. The Bertz CT molecular complexity index is 514. The first-order chi connectivity index (χ1) is 9.77. The van der Waals surface area contributed by atoms with Gasteiger partial charge in [-0.15, -0.1) is 0 Å². The number of halogens is 1. The van der Waals surface area contributed by atoms with Crippen LogP contribution in [0.25, 0.3) is 0 Å². The maximum Gasteiger partial charge on any atom is 0.227 e. The quantitative estimate of drug-likeness (QED) is 0.768. The number of carbonyl (C=O) groups is 1. The van der Waals surface area contributed by atoms with Crippen molar-refractivity contribution in [2.45, 2.75) is 46.5 Å². The highest BCUT2D eigenvalue weighted by Crippen LogP contribution is 2.40. The van der Waals surface area contributed by atoms with Crippen molar-refractivity contribution in [3.8, 4) is 5.75 Å². The van der Waals surface area contributed by atoms with E-state index in [0.29, 0.717) is 17.0 Å². The molecule has 0 spiro atoms. The summed E-state index contributed by atoms with van der Waals surface area (Å²) < 4.78 is 0. The van der Waals surface area contributed by atoms with E-state index in [4.69, 9.17) is 11.6 Å². The second-order valence-corrected chi connectivity index (χ2v) is 7.48. The van der Waals surface area contributed by atoms with Gasteiger partial charge in [0, 0.05) is 11.6 Å². The zero-order valence-electron chi connectivity index (χ0n) is 12.9. The van der Waals surface area contributed by atoms with Crippen molar-refractivity contribution in [2.24, 2.45) is 17.3 Å². The van der Waals surface area contributed by atoms with Gasteiger partial charge in [0.2, 0.25) is 5.91 Å². The van der Waals surface area contributed by atoms with Crippen LogP contribution in [0.15, 0.2) is 18.2 Å². The molecule has 1 aliphatic carbocycles. The lowest BCUT2D eigenvalue weighted by Gasteiger charge is -2.36. The number of hydrogen-bond donors (Lipinski definition) is 2. The van der Waals surface area contributed by atoms with E-state index in [1.807, 2.05) is 0 Å². The summed E-state index contributed by atoms with van der Waals surface area (Å²) in [6.45, 7) is 6.82. The molecule has 1 fully saturated rings. The van der Waals surface area contributed by atoms with Gasteiger partial charge in [-0.1, -0.05) is 32.4 Å². The van der Waals surface area contributed by atoms with Gasteiger partial charge in [0.25, 0.3) is 0 Å². The third-order valence-electron chi connectivity index (χ3n) is 4.54. The summed E-state index contributed by atoms with van der Waals surface area (Å²) in [5.74, 6) is 0.866. The standard InChI is InChI=1S/C17H24ClNO2/c1-17(2,3)12-6-4-11(5-7-12)16(21)19-13-8-9-15(20)14(18)10-13/h8-12,20H,4-7H2,1-3H3,(H,19,21). The maximum atomic E-state index is 12.3. The molecule has 1 aromatic rings. The number of amides is 1. The highest BCUT2D eigenvalue weighted by Gasteiger charge is 2.32. The Morgan fingerprint density at radius 1 is 1.24 bits per heavy atom. The van der Waals surface area contributed by atoms with Gasteiger partial charge in [-0.05, 0) is 55.2 Å². The molecule has 0 unspecified atom stereocenters. The molecular weight excluding hydrogens is 286 g/mol. The molecule has 2 N–H and O–H groups in total. The third-order valence-corrected chi connectivity index (χ3v) is 4.84. The van der Waals surface area contributed by atoms with Crippen molar-refractivity contribution in [2.75, 3.05) is 5.32 Å². The van der Waals surface area contributed by atoms with E-state index in [1.165, 1.54) is 6.07 Å². The molecule has 0 radical (unpaired) electrons. The Balaban J connectivity index is 1.92. The molecule has 1 aromatic carbocycles. The Morgan fingerprint density at radius 3 is 2.38 bits per heavy atom. The predicted molar refractivity (Wildman–Crippen MR) is 86.6 cm³/mol. The second-order valence-electron chi connectivity index (χ2n) is 7.07. The largest absolute Gasteiger partial charge is 0.506 e. The summed E-state index contributed by atoms with van der Waals surface area (Å²) in [5.41, 5.74) is 0.965. The van der Waals surface area contributed by atoms with Gasteiger partial charge in [-0.3, -0.25) is 4.79 Å². The van der Waals surface area contributed by atoms with Crippen LogP contribution in [0.2, 0.25) is 5.02 Å². The highest BCUT2D eigenvalue weighted by atomic mass is 35.5. The Kier molecular flexibility index (Phi) is 4.82. The van der Waals surface area contributed by atoms with Gasteiger partial charge >= 0.3 is 0 Å². The van der Waals surface area contributed by atoms with Crippen molar-refractivity contribution in [3.05, 3.63) is 23.2 Å². The van der Waals surface area contributed by atoms with Crippen LogP contribution in [0.5, 0.6) is 5.75 Å². The average Bonchev–Trinajstić information content (AvgIpc) is 2.42. The van der Waals surface area contributed by atoms with Gasteiger partial charge in [0.05, 0.1) is 5.02 Å². The number of hydrogen-bond acceptors (Lipinski definition) is 2. The lowest BCUT2D eigenvalue weighted by Crippen LogP contribution is -2.31. The minimum Gasteiger partial charge on any atom is -0.506 e. The van der Waals surface area contributed by atoms with Crippen LogP contribution in [0.1, 0.15) is 46.5 Å². The van der Waals surface area contributed by atoms with Crippen molar-refractivity contribution in [3.63, 3.8) is 0 Å². The van der Waals surface area contributed by atoms with Crippen LogP contribution >= 0.6 is 11.6 Å². The van der Waals surface area contributed by atoms with E-state index in [9.17, 15) is 9.90 Å². The molecule has 0 aliphatic heterocycles. The number of benzene rings is 1. The van der Waals surface area contributed by atoms with E-state index in [0.717, 1.165) is 25.7 Å². The van der Waals surface area contributed by atoms with Gasteiger partial charge < -0.3 is 10.4 Å². The first-order valence-electron chi connectivity index (χ1n) is 7.57. The fraction of sp³-hybridized carbons (Fsp3) is 0.588. The normalized spacial score (nSPS) is 22.9. The Morgan fingerprint density at radius 2 is 1.86 bits per heavy atom. The van der Waals surface area contributed by atoms with E-state index < -0.39 is 0 Å². The summed E-state index contributed by atoms with van der Waals surface area (Å²) in [7, 11) is 0. The van der Waals surface area contributed by atoms with Gasteiger partial charge in [0.15, 0.2) is 0 Å². The van der Waals surface area contributed by atoms with Crippen molar-refractivity contribution in [1.29, 1.82) is 0 Å². The van der Waals surface area contributed by atoms with E-state index >= 15 is 0 Å². The zero-order chi connectivity index (χ0) is 15.6. The Labute approximate surface area is 131 Å². The first kappa shape index (κ1) is 16.2. The van der Waals surface area contributed by atoms with E-state index in [-0.39, 0.29) is 22.6 Å². The summed E-state index contributed by atoms with van der Waals surface area (Å²) >= 11 is 5.85. The number of phenolic OH excluding ortho intramolecular Hbond substituents is 1. The van der Waals surface area contributed by atoms with Gasteiger partial charge in [0.1, 0.15) is 5.75 Å². The molecular formula is C17H24ClNO2. The number of rotatable bonds is 2. The maximum absolute atomic E-state index is 12.3. The van der Waals surface area contributed by atoms with Crippen LogP contribution in [0.4, 0.5) is 5.69 Å². The smallest absolute Gasteiger partial charge is 0.227 e. The van der Waals surface area contributed by atoms with Crippen LogP contribution in [-0.4, -0.2) is 11.0 Å². The number of anilines is 1. The van der Waals surface area contributed by atoms with E-state index in [1.54, 1.807) is 12.1 Å². The first-order valence-corrected chi connectivity index (χ1v) is 7.94. The van der Waals surface area contributed by atoms with Crippen molar-refractivity contribution < 1.29 is 9.90 Å². The number of aromatic hydroxyl groups is 1. The minimum absolute atomic E-state index is 0.0281. The number of carbonyl (C=O) groups excluding carboxylic acids is 1. The fourth-order valence-electron chi connectivity index (χ4n) is 3.05. The lowest BCUT2D eigenvalue weighted by atomic mass is 9.69. The molecule has 116 valence electrons. The van der Waals surface area contributed by atoms with E-state index in [2.05, 4.69) is 26.1 Å². The Hall–Kier alpha value is -1.22. The minimum atomic E-state index is 0.0281. The summed E-state index contributed by atoms with van der Waals surface area (Å²) in [6, 6.07) is 4.74. The van der Waals surface area contributed by atoms with Crippen LogP contribution in [0, 0.1) is 17.3 Å². The van der Waals surface area contributed by atoms with Crippen molar-refractivity contribution >= 4 is 23.2 Å². The highest BCUT2D eigenvalue weighted by molar-refractivity contribution is 6.32. The molecule has 0 saturated heterocycles. The third kappa shape index (κ3) is 4.13. The molecule has 0 bridgehead atoms. The van der Waals surface area contributed by atoms with Crippen LogP contribution in [-0.2, 0) is 4.79 Å². The fourth-order valence-corrected chi connectivity index (χ4v) is 3.23. The summed E-state index contributed by atoms with van der Waals surface area (Å²) in [6.07, 6.45) is 4.11. The van der Waals surface area contributed by atoms with Crippen LogP contribution in [0.3, 0.4) is 0 Å². The van der Waals surface area contributed by atoms with Gasteiger partial charge in [-0.25, -0.2) is 0 Å². The monoisotopic (exact) mass is 309 g/mol. The summed E-state index contributed by atoms with van der Waals surface area (Å²) in [5, 5.41) is 12.5. The molecule has 0 heterocycles. The van der Waals surface area contributed by atoms with Gasteiger partial charge in [-0.2, -0.15) is 0 Å². The molecule has 0 atom stereocenters. The second kappa shape index (κ2) is 6.27. The molecule has 1 amide bonds. The molecule has 1 saturated carbocycles. The lowest BCUT2D eigenvalue weighted by molar-refractivity contribution is -0.121. The van der Waals surface area contributed by atoms with Crippen molar-refractivity contribution in [1.82, 2.24) is 0 Å². The molecule has 1 aliphatic rings. The number of phenols is 1. The summed E-state index contributed by atoms with van der Waals surface area (Å²) in [4.78, 5) is 12.3.